The number of H-pyrrole nitrogens is 1. The highest BCUT2D eigenvalue weighted by atomic mass is 16.4. The predicted molar refractivity (Wildman–Crippen MR) is 111 cm³/mol. The molecule has 2 aromatic rings. The van der Waals surface area contributed by atoms with Crippen LogP contribution in [0.3, 0.4) is 0 Å². The Balaban J connectivity index is 1.54. The summed E-state index contributed by atoms with van der Waals surface area (Å²) in [6.07, 6.45) is 3.56. The molecule has 1 fully saturated rings. The zero-order valence-electron chi connectivity index (χ0n) is 17.7. The summed E-state index contributed by atoms with van der Waals surface area (Å²) in [6.45, 7) is 0.0121. The summed E-state index contributed by atoms with van der Waals surface area (Å²) >= 11 is 0. The summed E-state index contributed by atoms with van der Waals surface area (Å²) in [4.78, 5) is 55.7. The van der Waals surface area contributed by atoms with Gasteiger partial charge < -0.3 is 15.7 Å². The average molecular weight is 456 g/mol. The second-order valence-corrected chi connectivity index (χ2v) is 8.16. The van der Waals surface area contributed by atoms with Crippen LogP contribution in [0.15, 0.2) is 18.3 Å². The van der Waals surface area contributed by atoms with E-state index in [0.717, 1.165) is 12.8 Å². The maximum Gasteiger partial charge on any atom is 0.303 e. The lowest BCUT2D eigenvalue weighted by Gasteiger charge is -2.28. The number of fused-ring (bicyclic) bond motifs is 1. The number of tetrazole rings is 1. The lowest BCUT2D eigenvalue weighted by Crippen LogP contribution is -2.55. The Bertz CT molecular complexity index is 1040. The molecule has 3 amide bonds. The molecule has 4 N–H and O–H groups in total. The lowest BCUT2D eigenvalue weighted by molar-refractivity contribution is -0.138. The number of amides is 3. The molecule has 33 heavy (non-hydrogen) atoms. The summed E-state index contributed by atoms with van der Waals surface area (Å²) in [5.41, 5.74) is 0.701. The van der Waals surface area contributed by atoms with Gasteiger partial charge in [0.1, 0.15) is 17.9 Å². The standard InChI is InChI=1S/C20H24N8O5/c29-16(8-11-3-4-11)23-13(5-6-17(30)31)20(33)28-14(9-12-2-1-7-21-18(12)28)19(32)22-10-15-24-26-27-25-15/h1-2,7,11,13-14H,3-6,8-10H2,(H,22,32)(H,23,29)(H,30,31)(H,24,25,26,27)/t13?,14-/m0/s1. The molecular formula is C20H24N8O5. The van der Waals surface area contributed by atoms with Gasteiger partial charge in [0.2, 0.25) is 11.8 Å². The van der Waals surface area contributed by atoms with Crippen molar-refractivity contribution in [2.45, 2.75) is 57.2 Å². The Kier molecular flexibility index (Phi) is 6.56. The molecule has 13 nitrogen and oxygen atoms in total. The van der Waals surface area contributed by atoms with Crippen LogP contribution in [-0.2, 0) is 32.1 Å². The van der Waals surface area contributed by atoms with Gasteiger partial charge in [-0.25, -0.2) is 4.98 Å². The molecule has 1 aliphatic heterocycles. The normalized spacial score (nSPS) is 17.8. The molecule has 1 aliphatic carbocycles. The molecule has 13 heteroatoms. The third-order valence-electron chi connectivity index (χ3n) is 5.62. The van der Waals surface area contributed by atoms with Gasteiger partial charge >= 0.3 is 5.97 Å². The highest BCUT2D eigenvalue weighted by molar-refractivity contribution is 6.06. The Morgan fingerprint density at radius 2 is 2.09 bits per heavy atom. The van der Waals surface area contributed by atoms with E-state index in [4.69, 9.17) is 5.11 Å². The molecule has 2 atom stereocenters. The van der Waals surface area contributed by atoms with Crippen LogP contribution in [0.4, 0.5) is 5.82 Å². The van der Waals surface area contributed by atoms with Crippen molar-refractivity contribution in [3.8, 4) is 0 Å². The number of carbonyl (C=O) groups is 4. The second kappa shape index (κ2) is 9.71. The quantitative estimate of drug-likeness (QED) is 0.360. The number of nitrogens with one attached hydrogen (secondary N) is 3. The molecule has 0 aromatic carbocycles. The van der Waals surface area contributed by atoms with E-state index in [1.165, 1.54) is 11.1 Å². The third kappa shape index (κ3) is 5.48. The van der Waals surface area contributed by atoms with E-state index in [9.17, 15) is 19.2 Å². The van der Waals surface area contributed by atoms with Crippen molar-refractivity contribution in [2.24, 2.45) is 5.92 Å². The molecule has 174 valence electrons. The maximum absolute atomic E-state index is 13.6. The fourth-order valence-electron chi connectivity index (χ4n) is 3.79. The zero-order valence-corrected chi connectivity index (χ0v) is 17.7. The van der Waals surface area contributed by atoms with E-state index < -0.39 is 29.9 Å². The Morgan fingerprint density at radius 1 is 1.27 bits per heavy atom. The fraction of sp³-hybridized carbons (Fsp3) is 0.500. The number of pyridine rings is 1. The van der Waals surface area contributed by atoms with Crippen LogP contribution in [0.2, 0.25) is 0 Å². The first-order chi connectivity index (χ1) is 15.9. The summed E-state index contributed by atoms with van der Waals surface area (Å²) in [5, 5.41) is 27.8. The van der Waals surface area contributed by atoms with Crippen LogP contribution >= 0.6 is 0 Å². The first-order valence-corrected chi connectivity index (χ1v) is 10.7. The number of carboxylic acids is 1. The monoisotopic (exact) mass is 456 g/mol. The lowest BCUT2D eigenvalue weighted by atomic mass is 10.1. The second-order valence-electron chi connectivity index (χ2n) is 8.16. The molecule has 1 unspecified atom stereocenters. The van der Waals surface area contributed by atoms with Crippen LogP contribution in [0.5, 0.6) is 0 Å². The fourth-order valence-corrected chi connectivity index (χ4v) is 3.79. The van der Waals surface area contributed by atoms with Gasteiger partial charge in [0.25, 0.3) is 5.91 Å². The van der Waals surface area contributed by atoms with Crippen molar-refractivity contribution in [1.29, 1.82) is 0 Å². The van der Waals surface area contributed by atoms with Crippen LogP contribution in [0.1, 0.15) is 43.5 Å². The molecule has 2 aliphatic rings. The molecule has 0 spiro atoms. The van der Waals surface area contributed by atoms with E-state index >= 15 is 0 Å². The van der Waals surface area contributed by atoms with Crippen LogP contribution in [0, 0.1) is 5.92 Å². The number of aliphatic carboxylic acids is 1. The third-order valence-corrected chi connectivity index (χ3v) is 5.62. The van der Waals surface area contributed by atoms with Crippen molar-refractivity contribution < 1.29 is 24.3 Å². The number of carboxylic acid groups (broad SMARTS) is 1. The number of aromatic amines is 1. The number of hydrogen-bond acceptors (Lipinski definition) is 8. The molecule has 2 aromatic heterocycles. The van der Waals surface area contributed by atoms with Gasteiger partial charge in [0.05, 0.1) is 6.54 Å². The van der Waals surface area contributed by atoms with Crippen molar-refractivity contribution >= 4 is 29.5 Å². The highest BCUT2D eigenvalue weighted by Crippen LogP contribution is 2.33. The van der Waals surface area contributed by atoms with Gasteiger partial charge in [-0.1, -0.05) is 11.3 Å². The predicted octanol–water partition coefficient (Wildman–Crippen LogP) is -0.681. The summed E-state index contributed by atoms with van der Waals surface area (Å²) in [6, 6.07) is 1.47. The number of rotatable bonds is 10. The number of anilines is 1. The van der Waals surface area contributed by atoms with E-state index in [1.807, 2.05) is 0 Å². The SMILES string of the molecule is O=C(O)CCC(NC(=O)CC1CC1)C(=O)N1c2ncccc2C[C@H]1C(=O)NCc1nn[nH]n1. The van der Waals surface area contributed by atoms with Crippen molar-refractivity contribution in [2.75, 3.05) is 4.90 Å². The minimum Gasteiger partial charge on any atom is -0.481 e. The smallest absolute Gasteiger partial charge is 0.303 e. The van der Waals surface area contributed by atoms with E-state index in [0.29, 0.717) is 23.7 Å². The molecule has 4 rings (SSSR count). The Labute approximate surface area is 188 Å². The molecule has 3 heterocycles. The minimum atomic E-state index is -1.09. The highest BCUT2D eigenvalue weighted by Gasteiger charge is 2.42. The molecular weight excluding hydrogens is 432 g/mol. The van der Waals surface area contributed by atoms with Gasteiger partial charge in [-0.2, -0.15) is 5.21 Å². The summed E-state index contributed by atoms with van der Waals surface area (Å²) in [7, 11) is 0. The van der Waals surface area contributed by atoms with Gasteiger partial charge in [0, 0.05) is 25.5 Å². The first kappa shape index (κ1) is 22.3. The number of hydrogen-bond donors (Lipinski definition) is 4. The van der Waals surface area contributed by atoms with Gasteiger partial charge in [-0.05, 0) is 36.8 Å². The summed E-state index contributed by atoms with van der Waals surface area (Å²) in [5.74, 6) is -1.51. The average Bonchev–Trinajstić information content (AvgIpc) is 3.30. The number of aromatic nitrogens is 5. The number of nitrogens with zero attached hydrogens (tertiary/aromatic N) is 5. The molecule has 0 radical (unpaired) electrons. The minimum absolute atomic E-state index is 0.0121. The largest absolute Gasteiger partial charge is 0.481 e. The van der Waals surface area contributed by atoms with Gasteiger partial charge in [0.15, 0.2) is 5.82 Å². The Morgan fingerprint density at radius 3 is 2.79 bits per heavy atom. The zero-order chi connectivity index (χ0) is 23.4. The van der Waals surface area contributed by atoms with E-state index in [-0.39, 0.29) is 37.5 Å². The topological polar surface area (TPSA) is 183 Å². The summed E-state index contributed by atoms with van der Waals surface area (Å²) < 4.78 is 0. The first-order valence-electron chi connectivity index (χ1n) is 10.7. The van der Waals surface area contributed by atoms with Gasteiger partial charge in [-0.3, -0.25) is 24.1 Å². The van der Waals surface area contributed by atoms with Crippen molar-refractivity contribution in [3.05, 3.63) is 29.7 Å². The van der Waals surface area contributed by atoms with Crippen molar-refractivity contribution in [1.82, 2.24) is 36.2 Å². The van der Waals surface area contributed by atoms with E-state index in [1.54, 1.807) is 12.1 Å². The molecule has 1 saturated carbocycles. The van der Waals surface area contributed by atoms with Gasteiger partial charge in [-0.15, -0.1) is 10.2 Å². The Hall–Kier alpha value is -3.90. The molecule has 0 saturated heterocycles. The molecule has 0 bridgehead atoms. The van der Waals surface area contributed by atoms with Crippen molar-refractivity contribution in [3.63, 3.8) is 0 Å². The van der Waals surface area contributed by atoms with Crippen LogP contribution in [-0.4, -0.2) is 66.5 Å². The van der Waals surface area contributed by atoms with Crippen LogP contribution < -0.4 is 15.5 Å². The number of carbonyl (C=O) groups excluding carboxylic acids is 3. The van der Waals surface area contributed by atoms with E-state index in [2.05, 4.69) is 36.2 Å². The van der Waals surface area contributed by atoms with Crippen LogP contribution in [0.25, 0.3) is 0 Å². The maximum atomic E-state index is 13.6.